The maximum Gasteiger partial charge on any atom is 0.347 e. The lowest BCUT2D eigenvalue weighted by Crippen LogP contribution is -2.26. The standard InChI is InChI=1S/C20H17N3O4/c1-13-4-3-9-23-18(24)10-16(22-19(13)23)12-26-20(25)14(2)27-17-7-5-15(11-21)6-8-17/h3-10,14H,12H2,1-2H3/t14-/m0/s1. The molecule has 1 aromatic carbocycles. The van der Waals surface area contributed by atoms with E-state index in [1.807, 2.05) is 19.1 Å². The molecule has 0 fully saturated rings. The molecule has 27 heavy (non-hydrogen) atoms. The monoisotopic (exact) mass is 363 g/mol. The lowest BCUT2D eigenvalue weighted by molar-refractivity contribution is -0.152. The number of benzene rings is 1. The molecule has 7 heteroatoms. The Morgan fingerprint density at radius 1 is 1.30 bits per heavy atom. The molecule has 0 spiro atoms. The zero-order valence-corrected chi connectivity index (χ0v) is 14.9. The smallest absolute Gasteiger partial charge is 0.347 e. The summed E-state index contributed by atoms with van der Waals surface area (Å²) in [7, 11) is 0. The summed E-state index contributed by atoms with van der Waals surface area (Å²) in [5.41, 5.74) is 2.00. The number of aromatic nitrogens is 2. The Bertz CT molecular complexity index is 1080. The van der Waals surface area contributed by atoms with Gasteiger partial charge in [0.1, 0.15) is 18.0 Å². The van der Waals surface area contributed by atoms with E-state index in [0.29, 0.717) is 22.7 Å². The van der Waals surface area contributed by atoms with Crippen LogP contribution in [0.5, 0.6) is 5.75 Å². The SMILES string of the molecule is Cc1cccn2c(=O)cc(COC(=O)[C@H](C)Oc3ccc(C#N)cc3)nc12. The van der Waals surface area contributed by atoms with Crippen LogP contribution >= 0.6 is 0 Å². The molecule has 0 saturated heterocycles. The molecule has 0 aliphatic rings. The normalized spacial score (nSPS) is 11.6. The lowest BCUT2D eigenvalue weighted by Gasteiger charge is -2.14. The Morgan fingerprint density at radius 3 is 2.74 bits per heavy atom. The van der Waals surface area contributed by atoms with Crippen LogP contribution in [0.1, 0.15) is 23.7 Å². The average Bonchev–Trinajstić information content (AvgIpc) is 2.67. The topological polar surface area (TPSA) is 93.7 Å². The summed E-state index contributed by atoms with van der Waals surface area (Å²) < 4.78 is 12.2. The van der Waals surface area contributed by atoms with Crippen LogP contribution in [0.3, 0.4) is 0 Å². The molecule has 3 rings (SSSR count). The van der Waals surface area contributed by atoms with E-state index in [2.05, 4.69) is 4.98 Å². The van der Waals surface area contributed by atoms with E-state index in [-0.39, 0.29) is 12.2 Å². The van der Waals surface area contributed by atoms with Gasteiger partial charge < -0.3 is 9.47 Å². The van der Waals surface area contributed by atoms with E-state index < -0.39 is 12.1 Å². The van der Waals surface area contributed by atoms with E-state index in [1.165, 1.54) is 10.5 Å². The van der Waals surface area contributed by atoms with Crippen LogP contribution in [0, 0.1) is 18.3 Å². The summed E-state index contributed by atoms with van der Waals surface area (Å²) in [4.78, 5) is 28.7. The molecule has 0 saturated carbocycles. The van der Waals surface area contributed by atoms with Crippen LogP contribution < -0.4 is 10.3 Å². The van der Waals surface area contributed by atoms with Gasteiger partial charge in [-0.2, -0.15) is 5.26 Å². The van der Waals surface area contributed by atoms with Gasteiger partial charge in [0, 0.05) is 12.3 Å². The molecular weight excluding hydrogens is 346 g/mol. The van der Waals surface area contributed by atoms with Crippen LogP contribution in [-0.4, -0.2) is 21.5 Å². The molecule has 1 atom stereocenters. The second kappa shape index (κ2) is 7.70. The predicted molar refractivity (Wildman–Crippen MR) is 97.2 cm³/mol. The number of aryl methyl sites for hydroxylation is 1. The third kappa shape index (κ3) is 4.12. The van der Waals surface area contributed by atoms with Crippen LogP contribution in [0.25, 0.3) is 5.65 Å². The van der Waals surface area contributed by atoms with Crippen molar-refractivity contribution in [2.24, 2.45) is 0 Å². The van der Waals surface area contributed by atoms with Crippen molar-refractivity contribution in [2.75, 3.05) is 0 Å². The molecule has 0 radical (unpaired) electrons. The summed E-state index contributed by atoms with van der Waals surface area (Å²) in [6, 6.07) is 13.4. The fraction of sp³-hybridized carbons (Fsp3) is 0.200. The molecule has 0 aliphatic carbocycles. The number of carbonyl (C=O) groups excluding carboxylic acids is 1. The average molecular weight is 363 g/mol. The van der Waals surface area contributed by atoms with Gasteiger partial charge in [-0.05, 0) is 49.7 Å². The van der Waals surface area contributed by atoms with E-state index in [4.69, 9.17) is 14.7 Å². The quantitative estimate of drug-likeness (QED) is 0.646. The molecule has 7 nitrogen and oxygen atoms in total. The first kappa shape index (κ1) is 18.1. The molecule has 0 bridgehead atoms. The van der Waals surface area contributed by atoms with Gasteiger partial charge >= 0.3 is 5.97 Å². The Morgan fingerprint density at radius 2 is 2.04 bits per heavy atom. The van der Waals surface area contributed by atoms with Crippen LogP contribution in [0.4, 0.5) is 0 Å². The first-order valence-corrected chi connectivity index (χ1v) is 8.29. The van der Waals surface area contributed by atoms with Gasteiger partial charge in [0.15, 0.2) is 6.10 Å². The van der Waals surface area contributed by atoms with Crippen LogP contribution in [0.15, 0.2) is 53.5 Å². The minimum atomic E-state index is -0.846. The Labute approximate surface area is 155 Å². The van der Waals surface area contributed by atoms with Crippen molar-refractivity contribution < 1.29 is 14.3 Å². The number of nitriles is 1. The Kier molecular flexibility index (Phi) is 5.18. The van der Waals surface area contributed by atoms with Crippen LogP contribution in [0.2, 0.25) is 0 Å². The van der Waals surface area contributed by atoms with Gasteiger partial charge in [0.25, 0.3) is 5.56 Å². The molecule has 0 unspecified atom stereocenters. The van der Waals surface area contributed by atoms with Gasteiger partial charge in [-0.25, -0.2) is 9.78 Å². The summed E-state index contributed by atoms with van der Waals surface area (Å²) in [6.45, 7) is 3.29. The second-order valence-electron chi connectivity index (χ2n) is 5.97. The van der Waals surface area contributed by atoms with Crippen molar-refractivity contribution in [3.8, 4) is 11.8 Å². The predicted octanol–water partition coefficient (Wildman–Crippen LogP) is 2.39. The highest BCUT2D eigenvalue weighted by atomic mass is 16.6. The highest BCUT2D eigenvalue weighted by Crippen LogP contribution is 2.14. The van der Waals surface area contributed by atoms with E-state index >= 15 is 0 Å². The van der Waals surface area contributed by atoms with Crippen molar-refractivity contribution in [1.29, 1.82) is 5.26 Å². The number of ether oxygens (including phenoxy) is 2. The molecular formula is C20H17N3O4. The number of fused-ring (bicyclic) bond motifs is 1. The number of hydrogen-bond donors (Lipinski definition) is 0. The van der Waals surface area contributed by atoms with Gasteiger partial charge in [-0.15, -0.1) is 0 Å². The number of esters is 1. The molecule has 0 N–H and O–H groups in total. The van der Waals surface area contributed by atoms with E-state index in [0.717, 1.165) is 5.56 Å². The first-order valence-electron chi connectivity index (χ1n) is 8.29. The molecule has 136 valence electrons. The lowest BCUT2D eigenvalue weighted by atomic mass is 10.2. The minimum Gasteiger partial charge on any atom is -0.479 e. The summed E-state index contributed by atoms with van der Waals surface area (Å²) >= 11 is 0. The van der Waals surface area contributed by atoms with Crippen molar-refractivity contribution in [3.63, 3.8) is 0 Å². The van der Waals surface area contributed by atoms with E-state index in [9.17, 15) is 9.59 Å². The third-order valence-electron chi connectivity index (χ3n) is 3.93. The molecule has 0 aliphatic heterocycles. The zero-order chi connectivity index (χ0) is 19.4. The van der Waals surface area contributed by atoms with Crippen molar-refractivity contribution >= 4 is 11.6 Å². The molecule has 2 heterocycles. The minimum absolute atomic E-state index is 0.125. The highest BCUT2D eigenvalue weighted by molar-refractivity contribution is 5.74. The molecule has 0 amide bonds. The maximum atomic E-state index is 12.2. The highest BCUT2D eigenvalue weighted by Gasteiger charge is 2.17. The first-order chi connectivity index (χ1) is 13.0. The Balaban J connectivity index is 1.66. The summed E-state index contributed by atoms with van der Waals surface area (Å²) in [5.74, 6) is -0.123. The van der Waals surface area contributed by atoms with Crippen molar-refractivity contribution in [1.82, 2.24) is 9.38 Å². The van der Waals surface area contributed by atoms with Gasteiger partial charge in [-0.3, -0.25) is 9.20 Å². The third-order valence-corrected chi connectivity index (χ3v) is 3.93. The zero-order valence-electron chi connectivity index (χ0n) is 14.9. The number of hydrogen-bond acceptors (Lipinski definition) is 6. The number of rotatable bonds is 5. The Hall–Kier alpha value is -3.66. The largest absolute Gasteiger partial charge is 0.479 e. The van der Waals surface area contributed by atoms with Crippen molar-refractivity contribution in [2.45, 2.75) is 26.6 Å². The fourth-order valence-electron chi connectivity index (χ4n) is 2.51. The second-order valence-corrected chi connectivity index (χ2v) is 5.97. The fourth-order valence-corrected chi connectivity index (χ4v) is 2.51. The van der Waals surface area contributed by atoms with Crippen molar-refractivity contribution in [3.05, 3.63) is 75.8 Å². The van der Waals surface area contributed by atoms with Gasteiger partial charge in [-0.1, -0.05) is 6.07 Å². The number of nitrogens with zero attached hydrogens (tertiary/aromatic N) is 3. The molecule has 3 aromatic rings. The van der Waals surface area contributed by atoms with Gasteiger partial charge in [0.05, 0.1) is 17.3 Å². The summed E-state index contributed by atoms with van der Waals surface area (Å²) in [5, 5.41) is 8.78. The van der Waals surface area contributed by atoms with Gasteiger partial charge in [0.2, 0.25) is 0 Å². The van der Waals surface area contributed by atoms with Crippen LogP contribution in [-0.2, 0) is 16.1 Å². The molecule has 2 aromatic heterocycles. The van der Waals surface area contributed by atoms with E-state index in [1.54, 1.807) is 43.5 Å². The maximum absolute atomic E-state index is 12.2. The number of carbonyl (C=O) groups is 1. The summed E-state index contributed by atoms with van der Waals surface area (Å²) in [6.07, 6.45) is 0.794. The number of pyridine rings is 1.